The molecule has 0 N–H and O–H groups in total. The summed E-state index contributed by atoms with van der Waals surface area (Å²) in [4.78, 5) is 44.1. The summed E-state index contributed by atoms with van der Waals surface area (Å²) in [5, 5.41) is 0. The number of hydrogen-bond donors (Lipinski definition) is 0. The zero-order valence-corrected chi connectivity index (χ0v) is 17.8. The van der Waals surface area contributed by atoms with E-state index >= 15 is 0 Å². The average Bonchev–Trinajstić information content (AvgIpc) is 3.25. The van der Waals surface area contributed by atoms with Gasteiger partial charge in [-0.25, -0.2) is 0 Å². The summed E-state index contributed by atoms with van der Waals surface area (Å²) in [6.07, 6.45) is 3.76. The molecule has 3 aliphatic heterocycles. The number of nitrogens with zero attached hydrogens (tertiary/aromatic N) is 2. The number of ketones is 1. The number of benzene rings is 2. The van der Waals surface area contributed by atoms with Gasteiger partial charge in [-0.2, -0.15) is 0 Å². The molecule has 2 fully saturated rings. The summed E-state index contributed by atoms with van der Waals surface area (Å²) >= 11 is 0. The molecule has 2 aromatic rings. The lowest BCUT2D eigenvalue weighted by Gasteiger charge is -2.38. The van der Waals surface area contributed by atoms with E-state index in [9.17, 15) is 14.4 Å². The molecule has 158 valence electrons. The topological polar surface area (TPSA) is 57.7 Å². The molecular weight excluding hydrogens is 388 g/mol. The highest BCUT2D eigenvalue weighted by molar-refractivity contribution is 6.14. The van der Waals surface area contributed by atoms with Crippen LogP contribution in [0.2, 0.25) is 0 Å². The third kappa shape index (κ3) is 2.87. The van der Waals surface area contributed by atoms with Crippen LogP contribution >= 0.6 is 0 Å². The number of likely N-dealkylation sites (tertiary alicyclic amines) is 1. The lowest BCUT2D eigenvalue weighted by molar-refractivity contribution is -0.140. The van der Waals surface area contributed by atoms with Gasteiger partial charge in [0.15, 0.2) is 5.78 Å². The number of hydrogen-bond acceptors (Lipinski definition) is 4. The summed E-state index contributed by atoms with van der Waals surface area (Å²) in [7, 11) is 0. The molecule has 0 aliphatic carbocycles. The van der Waals surface area contributed by atoms with Crippen LogP contribution in [0.5, 0.6) is 0 Å². The minimum absolute atomic E-state index is 0.0978. The lowest BCUT2D eigenvalue weighted by Crippen LogP contribution is -2.49. The maximum Gasteiger partial charge on any atom is 0.235 e. The molecule has 31 heavy (non-hydrogen) atoms. The van der Waals surface area contributed by atoms with E-state index in [0.717, 1.165) is 29.7 Å². The smallest absolute Gasteiger partial charge is 0.235 e. The van der Waals surface area contributed by atoms with Crippen molar-refractivity contribution in [3.05, 3.63) is 71.8 Å². The van der Waals surface area contributed by atoms with Crippen LogP contribution in [0.15, 0.2) is 60.7 Å². The largest absolute Gasteiger partial charge is 0.352 e. The van der Waals surface area contributed by atoms with E-state index in [1.165, 1.54) is 4.90 Å². The fraction of sp³-hybridized carbons (Fsp3) is 0.346. The molecule has 2 saturated heterocycles. The fourth-order valence-electron chi connectivity index (χ4n) is 5.47. The fourth-order valence-corrected chi connectivity index (χ4v) is 5.47. The van der Waals surface area contributed by atoms with E-state index in [-0.39, 0.29) is 23.6 Å². The molecule has 2 amide bonds. The van der Waals surface area contributed by atoms with Crippen molar-refractivity contribution in [1.82, 2.24) is 4.90 Å². The molecule has 0 unspecified atom stereocenters. The highest BCUT2D eigenvalue weighted by Crippen LogP contribution is 2.50. The van der Waals surface area contributed by atoms with Gasteiger partial charge in [-0.3, -0.25) is 19.3 Å². The molecule has 3 aliphatic rings. The molecule has 0 spiro atoms. The maximum atomic E-state index is 13.8. The summed E-state index contributed by atoms with van der Waals surface area (Å²) < 4.78 is 0. The van der Waals surface area contributed by atoms with Gasteiger partial charge in [-0.1, -0.05) is 68.0 Å². The SMILES string of the molecule is CCCCN1C(=O)[C@@H]2[C@H](C1=O)[C@@H](C(=O)c1ccccc1)N1c3ccccc3C(C)=C[C@@H]21. The molecule has 0 saturated carbocycles. The molecule has 0 aromatic heterocycles. The van der Waals surface area contributed by atoms with Crippen LogP contribution in [-0.2, 0) is 9.59 Å². The van der Waals surface area contributed by atoms with E-state index in [1.807, 2.05) is 61.2 Å². The van der Waals surface area contributed by atoms with Crippen LogP contribution in [-0.4, -0.2) is 41.1 Å². The van der Waals surface area contributed by atoms with Crippen molar-refractivity contribution >= 4 is 28.9 Å². The predicted molar refractivity (Wildman–Crippen MR) is 120 cm³/mol. The van der Waals surface area contributed by atoms with Crippen LogP contribution in [0.3, 0.4) is 0 Å². The van der Waals surface area contributed by atoms with Crippen molar-refractivity contribution < 1.29 is 14.4 Å². The Balaban J connectivity index is 1.65. The Morgan fingerprint density at radius 1 is 0.935 bits per heavy atom. The number of carbonyl (C=O) groups excluding carboxylic acids is 3. The van der Waals surface area contributed by atoms with E-state index in [1.54, 1.807) is 12.1 Å². The van der Waals surface area contributed by atoms with E-state index in [0.29, 0.717) is 12.1 Å². The molecule has 5 nitrogen and oxygen atoms in total. The van der Waals surface area contributed by atoms with Crippen LogP contribution in [0.25, 0.3) is 5.57 Å². The van der Waals surface area contributed by atoms with Crippen LogP contribution in [0.1, 0.15) is 42.6 Å². The number of allylic oxidation sites excluding steroid dienone is 1. The molecular formula is C26H26N2O3. The molecule has 5 rings (SSSR count). The number of carbonyl (C=O) groups is 3. The molecule has 4 atom stereocenters. The van der Waals surface area contributed by atoms with Gasteiger partial charge in [-0.15, -0.1) is 0 Å². The predicted octanol–water partition coefficient (Wildman–Crippen LogP) is 3.94. The highest BCUT2D eigenvalue weighted by Gasteiger charge is 2.64. The van der Waals surface area contributed by atoms with Crippen molar-refractivity contribution in [1.29, 1.82) is 0 Å². The Bertz CT molecular complexity index is 1090. The van der Waals surface area contributed by atoms with Crippen LogP contribution in [0.4, 0.5) is 5.69 Å². The molecule has 3 heterocycles. The highest BCUT2D eigenvalue weighted by atomic mass is 16.2. The lowest BCUT2D eigenvalue weighted by atomic mass is 9.85. The summed E-state index contributed by atoms with van der Waals surface area (Å²) in [5.74, 6) is -1.61. The van der Waals surface area contributed by atoms with Gasteiger partial charge in [0.25, 0.3) is 0 Å². The second-order valence-electron chi connectivity index (χ2n) is 8.67. The van der Waals surface area contributed by atoms with Gasteiger partial charge >= 0.3 is 0 Å². The van der Waals surface area contributed by atoms with Crippen molar-refractivity contribution in [3.8, 4) is 0 Å². The Hall–Kier alpha value is -3.21. The van der Waals surface area contributed by atoms with Gasteiger partial charge in [0.1, 0.15) is 6.04 Å². The van der Waals surface area contributed by atoms with Gasteiger partial charge in [0.2, 0.25) is 11.8 Å². The van der Waals surface area contributed by atoms with Gasteiger partial charge in [0, 0.05) is 23.4 Å². The Kier molecular flexibility index (Phi) is 4.77. The number of unbranched alkanes of at least 4 members (excludes halogenated alkanes) is 1. The van der Waals surface area contributed by atoms with Gasteiger partial charge < -0.3 is 4.90 Å². The first-order valence-corrected chi connectivity index (χ1v) is 11.0. The molecule has 0 bridgehead atoms. The second-order valence-corrected chi connectivity index (χ2v) is 8.67. The van der Waals surface area contributed by atoms with E-state index in [4.69, 9.17) is 0 Å². The summed E-state index contributed by atoms with van der Waals surface area (Å²) in [6, 6.07) is 16.1. The third-order valence-electron chi connectivity index (χ3n) is 6.91. The van der Waals surface area contributed by atoms with Crippen molar-refractivity contribution in [2.75, 3.05) is 11.4 Å². The van der Waals surface area contributed by atoms with Gasteiger partial charge in [-0.05, 0) is 25.0 Å². The van der Waals surface area contributed by atoms with E-state index < -0.39 is 17.9 Å². The maximum absolute atomic E-state index is 13.8. The van der Waals surface area contributed by atoms with E-state index in [2.05, 4.69) is 6.08 Å². The number of amides is 2. The average molecular weight is 415 g/mol. The second kappa shape index (κ2) is 7.49. The number of Topliss-reactive ketones (excluding diaryl/α,β-unsaturated/α-hetero) is 1. The first-order valence-electron chi connectivity index (χ1n) is 11.0. The summed E-state index contributed by atoms with van der Waals surface area (Å²) in [5.41, 5.74) is 3.63. The van der Waals surface area contributed by atoms with Crippen LogP contribution in [0, 0.1) is 11.8 Å². The quantitative estimate of drug-likeness (QED) is 0.549. The van der Waals surface area contributed by atoms with Crippen LogP contribution < -0.4 is 4.90 Å². The Labute approximate surface area is 182 Å². The molecule has 0 radical (unpaired) electrons. The standard InChI is InChI=1S/C26H26N2O3/c1-3-4-14-27-25(30)21-20-15-16(2)18-12-8-9-13-19(18)28(20)23(22(21)26(27)31)24(29)17-10-6-5-7-11-17/h5-13,15,20-23H,3-4,14H2,1-2H3/t20-,21-,22-,23-/m0/s1. The van der Waals surface area contributed by atoms with Crippen molar-refractivity contribution in [2.45, 2.75) is 38.8 Å². The first kappa shape index (κ1) is 19.7. The number of anilines is 1. The minimum Gasteiger partial charge on any atom is -0.352 e. The monoisotopic (exact) mass is 414 g/mol. The summed E-state index contributed by atoms with van der Waals surface area (Å²) in [6.45, 7) is 4.51. The number of rotatable bonds is 5. The Morgan fingerprint density at radius 3 is 2.35 bits per heavy atom. The number of fused-ring (bicyclic) bond motifs is 5. The first-order chi connectivity index (χ1) is 15.0. The number of imide groups is 1. The molecule has 2 aromatic carbocycles. The van der Waals surface area contributed by atoms with Crippen molar-refractivity contribution in [2.24, 2.45) is 11.8 Å². The molecule has 5 heteroatoms. The van der Waals surface area contributed by atoms with Gasteiger partial charge in [0.05, 0.1) is 17.9 Å². The normalized spacial score (nSPS) is 26.5. The van der Waals surface area contributed by atoms with Crippen molar-refractivity contribution in [3.63, 3.8) is 0 Å². The minimum atomic E-state index is -0.689. The zero-order chi connectivity index (χ0) is 21.7. The Morgan fingerprint density at radius 2 is 1.61 bits per heavy atom. The third-order valence-corrected chi connectivity index (χ3v) is 6.91. The zero-order valence-electron chi connectivity index (χ0n) is 17.8. The number of para-hydroxylation sites is 1.